The minimum absolute atomic E-state index is 0.247. The number of carbonyl (C=O) groups is 2. The van der Waals surface area contributed by atoms with Crippen LogP contribution in [0.25, 0.3) is 0 Å². The van der Waals surface area contributed by atoms with Crippen molar-refractivity contribution in [3.05, 3.63) is 29.8 Å². The second kappa shape index (κ2) is 7.29. The Morgan fingerprint density at radius 1 is 1.28 bits per heavy atom. The lowest BCUT2D eigenvalue weighted by Gasteiger charge is -2.10. The summed E-state index contributed by atoms with van der Waals surface area (Å²) in [7, 11) is 3.10. The zero-order valence-electron chi connectivity index (χ0n) is 10.4. The van der Waals surface area contributed by atoms with E-state index in [0.29, 0.717) is 24.4 Å². The molecule has 18 heavy (non-hydrogen) atoms. The van der Waals surface area contributed by atoms with E-state index in [1.165, 1.54) is 7.05 Å². The van der Waals surface area contributed by atoms with Crippen LogP contribution in [0.4, 0.5) is 10.5 Å². The SMILES string of the molecule is CNC(=O)c1ccccc1NC(=O)NCCOC. The first-order valence-corrected chi connectivity index (χ1v) is 5.54. The van der Waals surface area contributed by atoms with Crippen LogP contribution in [-0.4, -0.2) is 39.2 Å². The predicted octanol–water partition coefficient (Wildman–Crippen LogP) is 0.814. The Balaban J connectivity index is 2.66. The van der Waals surface area contributed by atoms with Crippen LogP contribution in [0.3, 0.4) is 0 Å². The van der Waals surface area contributed by atoms with Gasteiger partial charge in [0.25, 0.3) is 5.91 Å². The smallest absolute Gasteiger partial charge is 0.319 e. The lowest BCUT2D eigenvalue weighted by molar-refractivity contribution is 0.0964. The minimum atomic E-state index is -0.372. The molecule has 1 aromatic carbocycles. The van der Waals surface area contributed by atoms with E-state index in [4.69, 9.17) is 4.74 Å². The second-order valence-corrected chi connectivity index (χ2v) is 3.50. The van der Waals surface area contributed by atoms with Crippen LogP contribution in [0.2, 0.25) is 0 Å². The van der Waals surface area contributed by atoms with E-state index in [9.17, 15) is 9.59 Å². The second-order valence-electron chi connectivity index (χ2n) is 3.50. The fraction of sp³-hybridized carbons (Fsp3) is 0.333. The lowest BCUT2D eigenvalue weighted by atomic mass is 10.1. The molecule has 0 fully saturated rings. The zero-order chi connectivity index (χ0) is 13.4. The highest BCUT2D eigenvalue weighted by molar-refractivity contribution is 6.03. The Kier molecular flexibility index (Phi) is 5.66. The molecule has 0 aliphatic rings. The highest BCUT2D eigenvalue weighted by Gasteiger charge is 2.10. The summed E-state index contributed by atoms with van der Waals surface area (Å²) in [6.07, 6.45) is 0. The number of anilines is 1. The molecule has 0 bridgehead atoms. The average molecular weight is 251 g/mol. The number of hydrogen-bond acceptors (Lipinski definition) is 3. The summed E-state index contributed by atoms with van der Waals surface area (Å²) in [5.74, 6) is -0.247. The normalized spacial score (nSPS) is 9.67. The molecule has 3 N–H and O–H groups in total. The van der Waals surface area contributed by atoms with Crippen LogP contribution in [0.5, 0.6) is 0 Å². The van der Waals surface area contributed by atoms with Gasteiger partial charge < -0.3 is 20.7 Å². The van der Waals surface area contributed by atoms with Gasteiger partial charge in [-0.3, -0.25) is 4.79 Å². The van der Waals surface area contributed by atoms with Crippen molar-refractivity contribution in [2.45, 2.75) is 0 Å². The molecule has 3 amide bonds. The summed E-state index contributed by atoms with van der Waals surface area (Å²) in [6, 6.07) is 6.42. The van der Waals surface area contributed by atoms with Gasteiger partial charge >= 0.3 is 6.03 Å². The van der Waals surface area contributed by atoms with Crippen molar-refractivity contribution in [3.63, 3.8) is 0 Å². The fourth-order valence-corrected chi connectivity index (χ4v) is 1.36. The molecule has 0 unspecified atom stereocenters. The molecule has 6 heteroatoms. The topological polar surface area (TPSA) is 79.5 Å². The largest absolute Gasteiger partial charge is 0.383 e. The molecule has 6 nitrogen and oxygen atoms in total. The summed E-state index contributed by atoms with van der Waals surface area (Å²) in [5, 5.41) is 7.74. The van der Waals surface area contributed by atoms with Crippen LogP contribution < -0.4 is 16.0 Å². The van der Waals surface area contributed by atoms with Gasteiger partial charge in [0, 0.05) is 20.7 Å². The first-order chi connectivity index (χ1) is 8.69. The van der Waals surface area contributed by atoms with Gasteiger partial charge in [-0.1, -0.05) is 12.1 Å². The van der Waals surface area contributed by atoms with Gasteiger partial charge in [-0.25, -0.2) is 4.79 Å². The van der Waals surface area contributed by atoms with E-state index < -0.39 is 0 Å². The van der Waals surface area contributed by atoms with Gasteiger partial charge in [0.05, 0.1) is 17.9 Å². The number of carbonyl (C=O) groups excluding carboxylic acids is 2. The Morgan fingerprint density at radius 3 is 2.67 bits per heavy atom. The maximum atomic E-state index is 11.6. The third-order valence-corrected chi connectivity index (χ3v) is 2.24. The minimum Gasteiger partial charge on any atom is -0.383 e. The number of nitrogens with one attached hydrogen (secondary N) is 3. The fourth-order valence-electron chi connectivity index (χ4n) is 1.36. The monoisotopic (exact) mass is 251 g/mol. The van der Waals surface area contributed by atoms with Crippen molar-refractivity contribution < 1.29 is 14.3 Å². The van der Waals surface area contributed by atoms with Gasteiger partial charge in [-0.2, -0.15) is 0 Å². The third-order valence-electron chi connectivity index (χ3n) is 2.24. The molecule has 0 radical (unpaired) electrons. The van der Waals surface area contributed by atoms with E-state index >= 15 is 0 Å². The van der Waals surface area contributed by atoms with E-state index in [2.05, 4.69) is 16.0 Å². The molecular weight excluding hydrogens is 234 g/mol. The Morgan fingerprint density at radius 2 is 2.00 bits per heavy atom. The molecule has 0 saturated carbocycles. The van der Waals surface area contributed by atoms with Crippen molar-refractivity contribution >= 4 is 17.6 Å². The molecule has 98 valence electrons. The molecule has 1 aromatic rings. The number of para-hydroxylation sites is 1. The third kappa shape index (κ3) is 4.06. The number of rotatable bonds is 5. The number of amides is 3. The van der Waals surface area contributed by atoms with Crippen LogP contribution in [0, 0.1) is 0 Å². The standard InChI is InChI=1S/C12H17N3O3/c1-13-11(16)9-5-3-4-6-10(9)15-12(17)14-7-8-18-2/h3-6H,7-8H2,1-2H3,(H,13,16)(H2,14,15,17). The van der Waals surface area contributed by atoms with Crippen molar-refractivity contribution in [3.8, 4) is 0 Å². The van der Waals surface area contributed by atoms with Crippen molar-refractivity contribution in [2.24, 2.45) is 0 Å². The van der Waals surface area contributed by atoms with Crippen LogP contribution in [0.1, 0.15) is 10.4 Å². The summed E-state index contributed by atoms with van der Waals surface area (Å²) in [4.78, 5) is 23.1. The van der Waals surface area contributed by atoms with Gasteiger partial charge in [0.15, 0.2) is 0 Å². The molecule has 0 spiro atoms. The molecule has 0 heterocycles. The molecule has 0 atom stereocenters. The van der Waals surface area contributed by atoms with Crippen LogP contribution >= 0.6 is 0 Å². The van der Waals surface area contributed by atoms with Crippen LogP contribution in [0.15, 0.2) is 24.3 Å². The molecule has 0 aliphatic carbocycles. The Hall–Kier alpha value is -2.08. The lowest BCUT2D eigenvalue weighted by Crippen LogP contribution is -2.32. The molecule has 0 aliphatic heterocycles. The maximum Gasteiger partial charge on any atom is 0.319 e. The molecular formula is C12H17N3O3. The number of benzene rings is 1. The van der Waals surface area contributed by atoms with Gasteiger partial charge in [-0.05, 0) is 12.1 Å². The van der Waals surface area contributed by atoms with E-state index in [-0.39, 0.29) is 11.9 Å². The average Bonchev–Trinajstić information content (AvgIpc) is 2.39. The van der Waals surface area contributed by atoms with Crippen molar-refractivity contribution in [1.82, 2.24) is 10.6 Å². The zero-order valence-corrected chi connectivity index (χ0v) is 10.4. The van der Waals surface area contributed by atoms with E-state index in [0.717, 1.165) is 0 Å². The van der Waals surface area contributed by atoms with Crippen molar-refractivity contribution in [2.75, 3.05) is 32.6 Å². The Bertz CT molecular complexity index is 421. The predicted molar refractivity (Wildman–Crippen MR) is 68.7 cm³/mol. The summed E-state index contributed by atoms with van der Waals surface area (Å²) in [5.41, 5.74) is 0.883. The quantitative estimate of drug-likeness (QED) is 0.678. The first-order valence-electron chi connectivity index (χ1n) is 5.54. The highest BCUT2D eigenvalue weighted by atomic mass is 16.5. The van der Waals surface area contributed by atoms with Crippen LogP contribution in [-0.2, 0) is 4.74 Å². The van der Waals surface area contributed by atoms with E-state index in [1.54, 1.807) is 31.4 Å². The number of ether oxygens (including phenoxy) is 1. The van der Waals surface area contributed by atoms with Gasteiger partial charge in [0.1, 0.15) is 0 Å². The highest BCUT2D eigenvalue weighted by Crippen LogP contribution is 2.14. The molecule has 0 aromatic heterocycles. The first kappa shape index (κ1) is 14.0. The summed E-state index contributed by atoms with van der Waals surface area (Å²) >= 11 is 0. The summed E-state index contributed by atoms with van der Waals surface area (Å²) < 4.78 is 4.82. The van der Waals surface area contributed by atoms with Crippen molar-refractivity contribution in [1.29, 1.82) is 0 Å². The number of methoxy groups -OCH3 is 1. The molecule has 1 rings (SSSR count). The summed E-state index contributed by atoms with van der Waals surface area (Å²) in [6.45, 7) is 0.842. The van der Waals surface area contributed by atoms with E-state index in [1.807, 2.05) is 0 Å². The molecule has 0 saturated heterocycles. The number of urea groups is 1. The number of hydrogen-bond donors (Lipinski definition) is 3. The van der Waals surface area contributed by atoms with Gasteiger partial charge in [-0.15, -0.1) is 0 Å². The van der Waals surface area contributed by atoms with Gasteiger partial charge in [0.2, 0.25) is 0 Å². The maximum absolute atomic E-state index is 11.6. The Labute approximate surface area is 106 Å².